The molecule has 0 spiro atoms. The molecule has 15 heavy (non-hydrogen) atoms. The van der Waals surface area contributed by atoms with E-state index in [0.717, 1.165) is 0 Å². The average Bonchev–Trinajstić information content (AvgIpc) is 2.47. The number of Topliss-reactive ketones (excluding diaryl/α,β-unsaturated/α-hetero) is 1. The lowest BCUT2D eigenvalue weighted by Crippen LogP contribution is -2.15. The van der Waals surface area contributed by atoms with Crippen molar-refractivity contribution in [1.29, 1.82) is 0 Å². The fraction of sp³-hybridized carbons (Fsp3) is 0.429. The molecule has 0 fully saturated rings. The molecule has 7 nitrogen and oxygen atoms in total. The van der Waals surface area contributed by atoms with E-state index in [0.29, 0.717) is 0 Å². The van der Waals surface area contributed by atoms with Gasteiger partial charge in [-0.05, 0) is 20.9 Å². The van der Waals surface area contributed by atoms with E-state index in [4.69, 9.17) is 0 Å². The number of carbonyl (C=O) groups is 1. The summed E-state index contributed by atoms with van der Waals surface area (Å²) in [5.41, 5.74) is 0. The van der Waals surface area contributed by atoms with E-state index in [-0.39, 0.29) is 29.2 Å². The molecule has 0 atom stereocenters. The van der Waals surface area contributed by atoms with E-state index in [9.17, 15) is 14.9 Å². The van der Waals surface area contributed by atoms with Crippen LogP contribution in [0.2, 0.25) is 0 Å². The molecule has 1 rings (SSSR count). The SMILES string of the molecule is COCC(=O)Cn1cc(Br)c([N+](=O)[O-])n1. The van der Waals surface area contributed by atoms with Gasteiger partial charge in [0.1, 0.15) is 17.6 Å². The zero-order valence-corrected chi connectivity index (χ0v) is 9.43. The lowest BCUT2D eigenvalue weighted by Gasteiger charge is -1.95. The van der Waals surface area contributed by atoms with Gasteiger partial charge in [-0.1, -0.05) is 0 Å². The minimum absolute atomic E-state index is 0.0364. The summed E-state index contributed by atoms with van der Waals surface area (Å²) in [5.74, 6) is -0.511. The quantitative estimate of drug-likeness (QED) is 0.586. The molecule has 0 aliphatic heterocycles. The number of ketones is 1. The van der Waals surface area contributed by atoms with E-state index in [1.54, 1.807) is 0 Å². The van der Waals surface area contributed by atoms with Crippen molar-refractivity contribution in [2.24, 2.45) is 0 Å². The van der Waals surface area contributed by atoms with Gasteiger partial charge in [-0.3, -0.25) is 4.79 Å². The monoisotopic (exact) mass is 277 g/mol. The zero-order chi connectivity index (χ0) is 11.4. The van der Waals surface area contributed by atoms with Crippen LogP contribution in [0.4, 0.5) is 5.82 Å². The molecular formula is C7H8BrN3O4. The smallest absolute Gasteiger partial charge is 0.377 e. The highest BCUT2D eigenvalue weighted by molar-refractivity contribution is 9.10. The Bertz CT molecular complexity index is 390. The lowest BCUT2D eigenvalue weighted by atomic mass is 10.4. The minimum Gasteiger partial charge on any atom is -0.377 e. The van der Waals surface area contributed by atoms with Crippen LogP contribution in [0.25, 0.3) is 0 Å². The number of hydrogen-bond acceptors (Lipinski definition) is 5. The molecule has 0 aromatic carbocycles. The summed E-state index contributed by atoms with van der Waals surface area (Å²) in [6, 6.07) is 0. The number of methoxy groups -OCH3 is 1. The van der Waals surface area contributed by atoms with Crippen LogP contribution in [0.3, 0.4) is 0 Å². The maximum atomic E-state index is 11.1. The third-order valence-corrected chi connectivity index (χ3v) is 2.08. The number of halogens is 1. The minimum atomic E-state index is -0.624. The Morgan fingerprint density at radius 2 is 2.47 bits per heavy atom. The van der Waals surface area contributed by atoms with Gasteiger partial charge in [-0.2, -0.15) is 4.68 Å². The summed E-state index contributed by atoms with van der Waals surface area (Å²) in [4.78, 5) is 20.9. The van der Waals surface area contributed by atoms with Crippen molar-refractivity contribution in [2.45, 2.75) is 6.54 Å². The largest absolute Gasteiger partial charge is 0.404 e. The van der Waals surface area contributed by atoms with Gasteiger partial charge in [0.05, 0.1) is 11.3 Å². The summed E-state index contributed by atoms with van der Waals surface area (Å²) in [6.07, 6.45) is 1.38. The average molecular weight is 278 g/mol. The highest BCUT2D eigenvalue weighted by Gasteiger charge is 2.19. The summed E-state index contributed by atoms with van der Waals surface area (Å²) < 4.78 is 6.07. The molecule has 82 valence electrons. The molecule has 0 radical (unpaired) electrons. The van der Waals surface area contributed by atoms with Crippen molar-refractivity contribution in [2.75, 3.05) is 13.7 Å². The van der Waals surface area contributed by atoms with Crippen molar-refractivity contribution in [3.63, 3.8) is 0 Å². The predicted molar refractivity (Wildman–Crippen MR) is 53.5 cm³/mol. The molecule has 0 unspecified atom stereocenters. The molecule has 8 heteroatoms. The molecule has 0 N–H and O–H groups in total. The summed E-state index contributed by atoms with van der Waals surface area (Å²) >= 11 is 2.98. The normalized spacial score (nSPS) is 10.3. The summed E-state index contributed by atoms with van der Waals surface area (Å²) in [7, 11) is 1.40. The van der Waals surface area contributed by atoms with Crippen LogP contribution in [-0.4, -0.2) is 34.2 Å². The Labute approximate surface area is 93.3 Å². The Morgan fingerprint density at radius 3 is 2.93 bits per heavy atom. The number of nitrogens with zero attached hydrogens (tertiary/aromatic N) is 3. The fourth-order valence-corrected chi connectivity index (χ4v) is 1.44. The molecule has 1 aromatic rings. The maximum absolute atomic E-state index is 11.1. The van der Waals surface area contributed by atoms with Crippen LogP contribution in [0.15, 0.2) is 10.7 Å². The Kier molecular flexibility index (Phi) is 3.92. The molecule has 0 amide bonds. The van der Waals surface area contributed by atoms with Crippen molar-refractivity contribution in [3.8, 4) is 0 Å². The lowest BCUT2D eigenvalue weighted by molar-refractivity contribution is -0.390. The first-order valence-electron chi connectivity index (χ1n) is 3.92. The molecule has 0 saturated heterocycles. The van der Waals surface area contributed by atoms with Crippen LogP contribution < -0.4 is 0 Å². The molecule has 0 bridgehead atoms. The second-order valence-electron chi connectivity index (χ2n) is 2.73. The van der Waals surface area contributed by atoms with Crippen molar-refractivity contribution in [3.05, 3.63) is 20.8 Å². The van der Waals surface area contributed by atoms with Gasteiger partial charge in [0, 0.05) is 7.11 Å². The van der Waals surface area contributed by atoms with Crippen LogP contribution >= 0.6 is 15.9 Å². The van der Waals surface area contributed by atoms with E-state index in [2.05, 4.69) is 25.8 Å². The Morgan fingerprint density at radius 1 is 1.80 bits per heavy atom. The molecule has 0 aliphatic rings. The van der Waals surface area contributed by atoms with Crippen LogP contribution in [0.1, 0.15) is 0 Å². The second-order valence-corrected chi connectivity index (χ2v) is 3.58. The van der Waals surface area contributed by atoms with Gasteiger partial charge in [0.2, 0.25) is 0 Å². The first-order chi connectivity index (χ1) is 7.04. The molecule has 1 aromatic heterocycles. The highest BCUT2D eigenvalue weighted by Crippen LogP contribution is 2.21. The number of ether oxygens (including phenoxy) is 1. The topological polar surface area (TPSA) is 87.3 Å². The van der Waals surface area contributed by atoms with Gasteiger partial charge in [-0.15, -0.1) is 0 Å². The third kappa shape index (κ3) is 3.10. The van der Waals surface area contributed by atoms with Gasteiger partial charge in [0.15, 0.2) is 5.78 Å². The first-order valence-corrected chi connectivity index (χ1v) is 4.72. The van der Waals surface area contributed by atoms with E-state index in [1.807, 2.05) is 0 Å². The van der Waals surface area contributed by atoms with E-state index in [1.165, 1.54) is 18.0 Å². The standard InChI is InChI=1S/C7H8BrN3O4/c1-15-4-5(12)2-10-3-6(8)7(9-10)11(13)14/h3H,2,4H2,1H3. The third-order valence-electron chi connectivity index (χ3n) is 1.52. The van der Waals surface area contributed by atoms with Gasteiger partial charge in [-0.25, -0.2) is 0 Å². The van der Waals surface area contributed by atoms with Crippen molar-refractivity contribution in [1.82, 2.24) is 9.78 Å². The molecule has 0 saturated carbocycles. The van der Waals surface area contributed by atoms with Crippen LogP contribution in [0, 0.1) is 10.1 Å². The molecule has 0 aliphatic carbocycles. The second kappa shape index (κ2) is 4.99. The van der Waals surface area contributed by atoms with Gasteiger partial charge < -0.3 is 14.9 Å². The predicted octanol–water partition coefficient (Wildman–Crippen LogP) is 0.769. The van der Waals surface area contributed by atoms with Crippen molar-refractivity contribution < 1.29 is 14.5 Å². The number of carbonyl (C=O) groups excluding carboxylic acids is 1. The van der Waals surface area contributed by atoms with Crippen LogP contribution in [-0.2, 0) is 16.1 Å². The Hall–Kier alpha value is -1.28. The maximum Gasteiger partial charge on any atom is 0.404 e. The number of hydrogen-bond donors (Lipinski definition) is 0. The number of nitro groups is 1. The fourth-order valence-electron chi connectivity index (χ4n) is 0.979. The molecule has 1 heterocycles. The van der Waals surface area contributed by atoms with E-state index >= 15 is 0 Å². The zero-order valence-electron chi connectivity index (χ0n) is 7.84. The number of aromatic nitrogens is 2. The van der Waals surface area contributed by atoms with Crippen LogP contribution in [0.5, 0.6) is 0 Å². The number of rotatable bonds is 5. The van der Waals surface area contributed by atoms with E-state index < -0.39 is 4.92 Å². The molecular weight excluding hydrogens is 270 g/mol. The first kappa shape index (κ1) is 11.8. The summed E-state index contributed by atoms with van der Waals surface area (Å²) in [5, 5.41) is 14.1. The summed E-state index contributed by atoms with van der Waals surface area (Å²) in [6.45, 7) is -0.0778. The Balaban J connectivity index is 2.75. The highest BCUT2D eigenvalue weighted by atomic mass is 79.9. The van der Waals surface area contributed by atoms with Crippen molar-refractivity contribution >= 4 is 27.5 Å². The van der Waals surface area contributed by atoms with Gasteiger partial charge >= 0.3 is 5.82 Å². The van der Waals surface area contributed by atoms with Gasteiger partial charge in [0.25, 0.3) is 0 Å².